The number of esters is 3. The summed E-state index contributed by atoms with van der Waals surface area (Å²) in [5.74, 6) is -0.856. The molecule has 0 saturated heterocycles. The van der Waals surface area contributed by atoms with Crippen LogP contribution >= 0.6 is 0 Å². The molecule has 0 aromatic carbocycles. The van der Waals surface area contributed by atoms with Gasteiger partial charge in [0.05, 0.1) is 0 Å². The second kappa shape index (κ2) is 72.1. The zero-order chi connectivity index (χ0) is 59.9. The van der Waals surface area contributed by atoms with Crippen LogP contribution in [0.5, 0.6) is 0 Å². The maximum Gasteiger partial charge on any atom is 0.306 e. The lowest BCUT2D eigenvalue weighted by Gasteiger charge is -2.18. The van der Waals surface area contributed by atoms with Gasteiger partial charge in [0.2, 0.25) is 0 Å². The molecule has 6 nitrogen and oxygen atoms in total. The highest BCUT2D eigenvalue weighted by molar-refractivity contribution is 5.71. The highest BCUT2D eigenvalue weighted by Gasteiger charge is 2.20. The van der Waals surface area contributed by atoms with Crippen LogP contribution in [-0.2, 0) is 28.6 Å². The van der Waals surface area contributed by atoms with Gasteiger partial charge in [-0.3, -0.25) is 14.4 Å². The van der Waals surface area contributed by atoms with Crippen molar-refractivity contribution < 1.29 is 28.6 Å². The highest BCUT2D eigenvalue weighted by atomic mass is 16.6. The van der Waals surface area contributed by atoms with Crippen molar-refractivity contribution in [2.24, 2.45) is 0 Å². The molecule has 0 spiro atoms. The van der Waals surface area contributed by atoms with Crippen molar-refractivity contribution in [3.05, 3.63) is 36.5 Å². The largest absolute Gasteiger partial charge is 0.462 e. The van der Waals surface area contributed by atoms with E-state index in [1.807, 2.05) is 0 Å². The van der Waals surface area contributed by atoms with Crippen LogP contribution in [0.1, 0.15) is 419 Å². The Balaban J connectivity index is 4.15. The number of allylic oxidation sites excluding steroid dienone is 6. The van der Waals surface area contributed by atoms with Crippen LogP contribution < -0.4 is 0 Å². The van der Waals surface area contributed by atoms with E-state index in [2.05, 4.69) is 57.2 Å². The Hall–Kier alpha value is -2.37. The molecule has 0 aliphatic carbocycles. The fourth-order valence-electron chi connectivity index (χ4n) is 11.5. The van der Waals surface area contributed by atoms with E-state index in [4.69, 9.17) is 14.2 Å². The molecule has 0 fully saturated rings. The van der Waals surface area contributed by atoms with Crippen LogP contribution in [-0.4, -0.2) is 37.2 Å². The normalized spacial score (nSPS) is 12.2. The predicted molar refractivity (Wildman–Crippen MR) is 362 cm³/mol. The molecule has 6 heteroatoms. The van der Waals surface area contributed by atoms with Gasteiger partial charge in [0, 0.05) is 19.3 Å². The molecule has 0 aromatic heterocycles. The second-order valence-electron chi connectivity index (χ2n) is 25.6. The van der Waals surface area contributed by atoms with E-state index in [1.165, 1.54) is 308 Å². The number of carbonyl (C=O) groups is 3. The minimum atomic E-state index is -0.777. The molecule has 0 saturated carbocycles. The first-order chi connectivity index (χ1) is 41.0. The standard InChI is InChI=1S/C77H144O6/c1-4-7-10-13-16-19-22-25-27-29-31-33-34-35-36-37-38-39-40-41-42-44-45-47-49-52-55-58-61-64-67-70-76(79)82-73-74(72-81-75(78)69-66-63-60-57-54-51-24-21-18-15-12-9-6-3)83-77(80)71-68-65-62-59-56-53-50-48-46-43-32-30-28-26-23-20-17-14-11-8-5-2/h21,23-24,26,30,32,74H,4-20,22,25,27-29,31,33-73H2,1-3H3/b24-21-,26-23-,32-30-. The first-order valence-corrected chi connectivity index (χ1v) is 37.5. The number of unbranched alkanes of at least 4 members (excludes halogenated alkanes) is 53. The molecule has 0 rings (SSSR count). The maximum absolute atomic E-state index is 13.0. The van der Waals surface area contributed by atoms with Crippen molar-refractivity contribution in [2.75, 3.05) is 13.2 Å². The van der Waals surface area contributed by atoms with Gasteiger partial charge in [-0.05, 0) is 77.0 Å². The molecular formula is C77H144O6. The molecular weight excluding hydrogens is 1020 g/mol. The Morgan fingerprint density at radius 1 is 0.241 bits per heavy atom. The molecule has 0 aliphatic rings. The molecule has 1 unspecified atom stereocenters. The number of rotatable bonds is 70. The van der Waals surface area contributed by atoms with Crippen LogP contribution in [0.3, 0.4) is 0 Å². The van der Waals surface area contributed by atoms with Gasteiger partial charge in [0.25, 0.3) is 0 Å². The van der Waals surface area contributed by atoms with Gasteiger partial charge in [-0.1, -0.05) is 359 Å². The second-order valence-corrected chi connectivity index (χ2v) is 25.6. The minimum Gasteiger partial charge on any atom is -0.462 e. The van der Waals surface area contributed by atoms with E-state index < -0.39 is 6.10 Å². The van der Waals surface area contributed by atoms with E-state index in [1.54, 1.807) is 0 Å². The van der Waals surface area contributed by atoms with Gasteiger partial charge in [0.15, 0.2) is 6.10 Å². The summed E-state index contributed by atoms with van der Waals surface area (Å²) >= 11 is 0. The van der Waals surface area contributed by atoms with E-state index in [0.717, 1.165) is 70.6 Å². The van der Waals surface area contributed by atoms with Gasteiger partial charge in [-0.2, -0.15) is 0 Å². The van der Waals surface area contributed by atoms with Crippen LogP contribution in [0.4, 0.5) is 0 Å². The van der Waals surface area contributed by atoms with Crippen molar-refractivity contribution >= 4 is 17.9 Å². The van der Waals surface area contributed by atoms with Gasteiger partial charge in [0.1, 0.15) is 13.2 Å². The first-order valence-electron chi connectivity index (χ1n) is 37.5. The summed E-state index contributed by atoms with van der Waals surface area (Å²) in [6, 6.07) is 0. The molecule has 1 atom stereocenters. The lowest BCUT2D eigenvalue weighted by atomic mass is 10.0. The van der Waals surface area contributed by atoms with Crippen LogP contribution in [0.2, 0.25) is 0 Å². The van der Waals surface area contributed by atoms with Crippen molar-refractivity contribution in [1.29, 1.82) is 0 Å². The average molecular weight is 1170 g/mol. The van der Waals surface area contributed by atoms with Gasteiger partial charge < -0.3 is 14.2 Å². The van der Waals surface area contributed by atoms with E-state index >= 15 is 0 Å². The summed E-state index contributed by atoms with van der Waals surface area (Å²) in [5.41, 5.74) is 0. The molecule has 0 radical (unpaired) electrons. The fourth-order valence-corrected chi connectivity index (χ4v) is 11.5. The van der Waals surface area contributed by atoms with Crippen molar-refractivity contribution in [3.8, 4) is 0 Å². The fraction of sp³-hybridized carbons (Fsp3) is 0.883. The number of carbonyl (C=O) groups excluding carboxylic acids is 3. The summed E-state index contributed by atoms with van der Waals surface area (Å²) in [6.07, 6.45) is 90.6. The Bertz CT molecular complexity index is 1380. The lowest BCUT2D eigenvalue weighted by Crippen LogP contribution is -2.30. The molecule has 488 valence electrons. The first kappa shape index (κ1) is 80.6. The Kier molecular flexibility index (Phi) is 70.0. The molecule has 0 aromatic rings. The Morgan fingerprint density at radius 2 is 0.434 bits per heavy atom. The highest BCUT2D eigenvalue weighted by Crippen LogP contribution is 2.19. The third kappa shape index (κ3) is 70.3. The van der Waals surface area contributed by atoms with Crippen molar-refractivity contribution in [3.63, 3.8) is 0 Å². The molecule has 0 bridgehead atoms. The van der Waals surface area contributed by atoms with Crippen molar-refractivity contribution in [2.45, 2.75) is 425 Å². The quantitative estimate of drug-likeness (QED) is 0.0261. The van der Waals surface area contributed by atoms with Crippen LogP contribution in [0.25, 0.3) is 0 Å². The molecule has 0 heterocycles. The maximum atomic E-state index is 13.0. The Morgan fingerprint density at radius 3 is 0.687 bits per heavy atom. The summed E-state index contributed by atoms with van der Waals surface area (Å²) in [7, 11) is 0. The van der Waals surface area contributed by atoms with E-state index in [9.17, 15) is 14.4 Å². The third-order valence-corrected chi connectivity index (χ3v) is 17.1. The van der Waals surface area contributed by atoms with Crippen LogP contribution in [0.15, 0.2) is 36.5 Å². The third-order valence-electron chi connectivity index (χ3n) is 17.1. The van der Waals surface area contributed by atoms with Crippen molar-refractivity contribution in [1.82, 2.24) is 0 Å². The topological polar surface area (TPSA) is 78.9 Å². The predicted octanol–water partition coefficient (Wildman–Crippen LogP) is 25.9. The van der Waals surface area contributed by atoms with Gasteiger partial charge >= 0.3 is 17.9 Å². The lowest BCUT2D eigenvalue weighted by molar-refractivity contribution is -0.167. The summed E-state index contributed by atoms with van der Waals surface area (Å²) in [5, 5.41) is 0. The zero-order valence-corrected chi connectivity index (χ0v) is 56.2. The molecule has 0 aliphatic heterocycles. The summed E-state index contributed by atoms with van der Waals surface area (Å²) in [6.45, 7) is 6.68. The molecule has 83 heavy (non-hydrogen) atoms. The number of hydrogen-bond donors (Lipinski definition) is 0. The van der Waals surface area contributed by atoms with Crippen LogP contribution in [0, 0.1) is 0 Å². The van der Waals surface area contributed by atoms with Gasteiger partial charge in [-0.15, -0.1) is 0 Å². The summed E-state index contributed by atoms with van der Waals surface area (Å²) in [4.78, 5) is 38.4. The molecule has 0 amide bonds. The van der Waals surface area contributed by atoms with Gasteiger partial charge in [-0.25, -0.2) is 0 Å². The SMILES string of the molecule is CCCCCC/C=C\CCCCCCCC(=O)OCC(COC(=O)CCCCCCCCCCCCCCCCCCCCCCCCCCCCCCCCC)OC(=O)CCCCCCCCCCC/C=C\C/C=C\CCCCCCC. The number of ether oxygens (including phenoxy) is 3. The average Bonchev–Trinajstić information content (AvgIpc) is 3.49. The molecule has 0 N–H and O–H groups in total. The zero-order valence-electron chi connectivity index (χ0n) is 56.2. The minimum absolute atomic E-state index is 0.0718. The van der Waals surface area contributed by atoms with E-state index in [-0.39, 0.29) is 31.1 Å². The van der Waals surface area contributed by atoms with E-state index in [0.29, 0.717) is 19.3 Å². The monoisotopic (exact) mass is 1170 g/mol. The summed E-state index contributed by atoms with van der Waals surface area (Å²) < 4.78 is 17.0. The number of hydrogen-bond acceptors (Lipinski definition) is 6. The Labute approximate surface area is 518 Å². The smallest absolute Gasteiger partial charge is 0.306 e.